The number of carbonyl (C=O) groups is 1. The second-order valence-corrected chi connectivity index (χ2v) is 3.93. The number of thiol groups is 1. The Morgan fingerprint density at radius 3 is 2.62 bits per heavy atom. The third kappa shape index (κ3) is 2.25. The quantitative estimate of drug-likeness (QED) is 0.621. The normalized spacial score (nSPS) is 9.85. The largest absolute Gasteiger partial charge is 0.465 e. The fourth-order valence-corrected chi connectivity index (χ4v) is 1.77. The smallest absolute Gasteiger partial charge is 0.337 e. The lowest BCUT2D eigenvalue weighted by Crippen LogP contribution is -2.01. The molecular weight excluding hydrogens is 252 g/mol. The molecule has 0 aliphatic heterocycles. The van der Waals surface area contributed by atoms with Crippen LogP contribution < -0.4 is 0 Å². The Balaban J connectivity index is 3.20. The van der Waals surface area contributed by atoms with Crippen molar-refractivity contribution in [1.29, 1.82) is 0 Å². The highest BCUT2D eigenvalue weighted by molar-refractivity contribution is 9.10. The standard InChI is InChI=1S/C9H9BrO2S/c1-5-7(10)3-6(4-8(5)13)9(11)12-2/h3-4,13H,1-2H3. The Labute approximate surface area is 90.8 Å². The van der Waals surface area contributed by atoms with Gasteiger partial charge in [0.15, 0.2) is 0 Å². The maximum atomic E-state index is 11.2. The van der Waals surface area contributed by atoms with E-state index in [1.165, 1.54) is 7.11 Å². The third-order valence-corrected chi connectivity index (χ3v) is 3.03. The summed E-state index contributed by atoms with van der Waals surface area (Å²) < 4.78 is 5.45. The first-order chi connectivity index (χ1) is 6.06. The summed E-state index contributed by atoms with van der Waals surface area (Å²) in [5.74, 6) is -0.351. The van der Waals surface area contributed by atoms with Crippen molar-refractivity contribution in [3.05, 3.63) is 27.7 Å². The zero-order chi connectivity index (χ0) is 10.0. The van der Waals surface area contributed by atoms with E-state index < -0.39 is 0 Å². The van der Waals surface area contributed by atoms with Crippen molar-refractivity contribution in [3.63, 3.8) is 0 Å². The van der Waals surface area contributed by atoms with Crippen LogP contribution in [-0.4, -0.2) is 13.1 Å². The minimum atomic E-state index is -0.351. The molecule has 0 aromatic heterocycles. The predicted octanol–water partition coefficient (Wildman–Crippen LogP) is 2.83. The van der Waals surface area contributed by atoms with Crippen LogP contribution in [0.5, 0.6) is 0 Å². The van der Waals surface area contributed by atoms with Gasteiger partial charge in [-0.05, 0) is 24.6 Å². The summed E-state index contributed by atoms with van der Waals surface area (Å²) in [6.45, 7) is 1.92. The van der Waals surface area contributed by atoms with Gasteiger partial charge in [-0.3, -0.25) is 0 Å². The molecule has 0 aliphatic rings. The summed E-state index contributed by atoms with van der Waals surface area (Å²) in [5.41, 5.74) is 1.51. The van der Waals surface area contributed by atoms with E-state index in [1.807, 2.05) is 6.92 Å². The Morgan fingerprint density at radius 2 is 2.15 bits per heavy atom. The fourth-order valence-electron chi connectivity index (χ4n) is 0.900. The molecule has 1 aromatic carbocycles. The Hall–Kier alpha value is -0.480. The molecule has 1 rings (SSSR count). The second kappa shape index (κ2) is 4.15. The number of ether oxygens (including phenoxy) is 1. The lowest BCUT2D eigenvalue weighted by Gasteiger charge is -2.05. The van der Waals surface area contributed by atoms with E-state index in [1.54, 1.807) is 12.1 Å². The molecule has 0 unspecified atom stereocenters. The number of methoxy groups -OCH3 is 1. The van der Waals surface area contributed by atoms with Crippen LogP contribution in [0.4, 0.5) is 0 Å². The summed E-state index contributed by atoms with van der Waals surface area (Å²) in [7, 11) is 1.36. The fraction of sp³-hybridized carbons (Fsp3) is 0.222. The zero-order valence-corrected chi connectivity index (χ0v) is 9.78. The number of esters is 1. The molecule has 4 heteroatoms. The molecule has 0 heterocycles. The van der Waals surface area contributed by atoms with Gasteiger partial charge < -0.3 is 4.74 Å². The van der Waals surface area contributed by atoms with Crippen molar-refractivity contribution < 1.29 is 9.53 Å². The van der Waals surface area contributed by atoms with Crippen LogP contribution >= 0.6 is 28.6 Å². The third-order valence-electron chi connectivity index (χ3n) is 1.74. The van der Waals surface area contributed by atoms with Gasteiger partial charge in [0.1, 0.15) is 0 Å². The van der Waals surface area contributed by atoms with Gasteiger partial charge in [0, 0.05) is 9.37 Å². The monoisotopic (exact) mass is 260 g/mol. The molecule has 0 bridgehead atoms. The first-order valence-corrected chi connectivity index (χ1v) is 4.87. The molecule has 0 radical (unpaired) electrons. The number of hydrogen-bond acceptors (Lipinski definition) is 3. The number of carbonyl (C=O) groups excluding carboxylic acids is 1. The van der Waals surface area contributed by atoms with Gasteiger partial charge >= 0.3 is 5.97 Å². The molecule has 0 saturated heterocycles. The molecule has 0 atom stereocenters. The topological polar surface area (TPSA) is 26.3 Å². The number of benzene rings is 1. The summed E-state index contributed by atoms with van der Waals surface area (Å²) in [4.78, 5) is 11.9. The summed E-state index contributed by atoms with van der Waals surface area (Å²) in [6, 6.07) is 3.41. The van der Waals surface area contributed by atoms with Crippen molar-refractivity contribution in [2.24, 2.45) is 0 Å². The molecule has 1 aromatic rings. The molecule has 0 amide bonds. The van der Waals surface area contributed by atoms with Crippen molar-refractivity contribution in [2.45, 2.75) is 11.8 Å². The first-order valence-electron chi connectivity index (χ1n) is 3.63. The van der Waals surface area contributed by atoms with Gasteiger partial charge in [-0.25, -0.2) is 4.79 Å². The maximum absolute atomic E-state index is 11.2. The van der Waals surface area contributed by atoms with Gasteiger partial charge in [0.05, 0.1) is 12.7 Å². The van der Waals surface area contributed by atoms with Gasteiger partial charge in [-0.1, -0.05) is 15.9 Å². The number of halogens is 1. The minimum Gasteiger partial charge on any atom is -0.465 e. The summed E-state index contributed by atoms with van der Waals surface area (Å²) >= 11 is 7.57. The van der Waals surface area contributed by atoms with E-state index in [9.17, 15) is 4.79 Å². The molecular formula is C9H9BrO2S. The van der Waals surface area contributed by atoms with Crippen molar-refractivity contribution >= 4 is 34.5 Å². The lowest BCUT2D eigenvalue weighted by atomic mass is 10.1. The van der Waals surface area contributed by atoms with Gasteiger partial charge in [0.2, 0.25) is 0 Å². The van der Waals surface area contributed by atoms with Crippen LogP contribution in [0.1, 0.15) is 15.9 Å². The molecule has 0 spiro atoms. The Bertz CT molecular complexity index is 326. The van der Waals surface area contributed by atoms with Crippen molar-refractivity contribution in [1.82, 2.24) is 0 Å². The van der Waals surface area contributed by atoms with E-state index in [2.05, 4.69) is 33.3 Å². The van der Waals surface area contributed by atoms with Crippen LogP contribution in [0, 0.1) is 6.92 Å². The average Bonchev–Trinajstić information content (AvgIpc) is 2.12. The molecule has 0 N–H and O–H groups in total. The minimum absolute atomic E-state index is 0.351. The Kier molecular flexibility index (Phi) is 3.39. The van der Waals surface area contributed by atoms with Crippen molar-refractivity contribution in [2.75, 3.05) is 7.11 Å². The van der Waals surface area contributed by atoms with Crippen LogP contribution in [-0.2, 0) is 4.74 Å². The Morgan fingerprint density at radius 1 is 1.54 bits per heavy atom. The van der Waals surface area contributed by atoms with E-state index in [-0.39, 0.29) is 5.97 Å². The zero-order valence-electron chi connectivity index (χ0n) is 7.30. The van der Waals surface area contributed by atoms with E-state index in [0.717, 1.165) is 14.9 Å². The molecule has 0 aliphatic carbocycles. The highest BCUT2D eigenvalue weighted by Crippen LogP contribution is 2.24. The highest BCUT2D eigenvalue weighted by Gasteiger charge is 2.09. The number of rotatable bonds is 1. The summed E-state index contributed by atoms with van der Waals surface area (Å²) in [6.07, 6.45) is 0. The van der Waals surface area contributed by atoms with Crippen LogP contribution in [0.2, 0.25) is 0 Å². The first kappa shape index (κ1) is 10.6. The molecule has 0 saturated carbocycles. The van der Waals surface area contributed by atoms with Gasteiger partial charge in [-0.15, -0.1) is 12.6 Å². The molecule has 0 fully saturated rings. The average molecular weight is 261 g/mol. The second-order valence-electron chi connectivity index (χ2n) is 2.59. The summed E-state index contributed by atoms with van der Waals surface area (Å²) in [5, 5.41) is 0. The van der Waals surface area contributed by atoms with Crippen molar-refractivity contribution in [3.8, 4) is 0 Å². The number of hydrogen-bond donors (Lipinski definition) is 1. The van der Waals surface area contributed by atoms with Crippen LogP contribution in [0.15, 0.2) is 21.5 Å². The molecule has 13 heavy (non-hydrogen) atoms. The van der Waals surface area contributed by atoms with E-state index in [4.69, 9.17) is 0 Å². The van der Waals surface area contributed by atoms with Gasteiger partial charge in [0.25, 0.3) is 0 Å². The van der Waals surface area contributed by atoms with E-state index >= 15 is 0 Å². The van der Waals surface area contributed by atoms with Crippen LogP contribution in [0.3, 0.4) is 0 Å². The molecule has 2 nitrogen and oxygen atoms in total. The maximum Gasteiger partial charge on any atom is 0.337 e. The lowest BCUT2D eigenvalue weighted by molar-refractivity contribution is 0.0600. The van der Waals surface area contributed by atoms with E-state index in [0.29, 0.717) is 5.56 Å². The SMILES string of the molecule is COC(=O)c1cc(S)c(C)c(Br)c1. The highest BCUT2D eigenvalue weighted by atomic mass is 79.9. The van der Waals surface area contributed by atoms with Gasteiger partial charge in [-0.2, -0.15) is 0 Å². The predicted molar refractivity (Wildman–Crippen MR) is 57.5 cm³/mol. The molecule has 70 valence electrons. The van der Waals surface area contributed by atoms with Crippen LogP contribution in [0.25, 0.3) is 0 Å².